The van der Waals surface area contributed by atoms with Crippen LogP contribution in [0.15, 0.2) is 77.7 Å². The molecule has 0 aliphatic carbocycles. The molecule has 0 heterocycles. The number of sulfonamides is 1. The lowest BCUT2D eigenvalue weighted by atomic mass is 10.1. The molecule has 0 saturated carbocycles. The van der Waals surface area contributed by atoms with E-state index < -0.39 is 16.0 Å². The van der Waals surface area contributed by atoms with Crippen LogP contribution in [0, 0.1) is 0 Å². The van der Waals surface area contributed by atoms with Crippen LogP contribution in [0.25, 0.3) is 0 Å². The van der Waals surface area contributed by atoms with Crippen LogP contribution >= 0.6 is 11.6 Å². The molecule has 0 radical (unpaired) electrons. The molecule has 1 N–H and O–H groups in total. The van der Waals surface area contributed by atoms with Crippen LogP contribution in [0.5, 0.6) is 5.75 Å². The summed E-state index contributed by atoms with van der Waals surface area (Å²) in [5, 5.41) is 0.366. The molecule has 0 aromatic heterocycles. The van der Waals surface area contributed by atoms with E-state index in [0.29, 0.717) is 16.3 Å². The van der Waals surface area contributed by atoms with Crippen molar-refractivity contribution in [3.05, 3.63) is 88.9 Å². The van der Waals surface area contributed by atoms with E-state index in [9.17, 15) is 13.2 Å². The maximum Gasteiger partial charge on any atom is 0.337 e. The zero-order valence-electron chi connectivity index (χ0n) is 15.5. The standard InChI is InChI=1S/C21H18ClNO5S/c1-27-21(24)16-9-7-15(8-10-16)14-28-20-12-11-17(22)13-19(20)23-29(25,26)18-5-3-2-4-6-18/h2-13,23H,14H2,1H3. The van der Waals surface area contributed by atoms with Crippen LogP contribution in [0.2, 0.25) is 5.02 Å². The van der Waals surface area contributed by atoms with Gasteiger partial charge >= 0.3 is 5.97 Å². The normalized spacial score (nSPS) is 11.0. The number of benzene rings is 3. The summed E-state index contributed by atoms with van der Waals surface area (Å²) in [5.74, 6) is -0.0984. The number of rotatable bonds is 7. The van der Waals surface area contributed by atoms with Crippen LogP contribution in [0.4, 0.5) is 5.69 Å². The SMILES string of the molecule is COC(=O)c1ccc(COc2ccc(Cl)cc2NS(=O)(=O)c2ccccc2)cc1. The molecule has 0 aliphatic rings. The number of halogens is 1. The van der Waals surface area contributed by atoms with Gasteiger partial charge in [0.2, 0.25) is 0 Å². The highest BCUT2D eigenvalue weighted by Gasteiger charge is 2.17. The number of nitrogens with one attached hydrogen (secondary N) is 1. The van der Waals surface area contributed by atoms with E-state index in [-0.39, 0.29) is 17.2 Å². The molecule has 0 unspecified atom stereocenters. The molecule has 0 fully saturated rings. The number of hydrogen-bond acceptors (Lipinski definition) is 5. The number of methoxy groups -OCH3 is 1. The summed E-state index contributed by atoms with van der Waals surface area (Å²) in [7, 11) is -2.48. The third-order valence-corrected chi connectivity index (χ3v) is 5.63. The van der Waals surface area contributed by atoms with Crippen LogP contribution in [-0.2, 0) is 21.4 Å². The number of anilines is 1. The van der Waals surface area contributed by atoms with Crippen molar-refractivity contribution in [3.63, 3.8) is 0 Å². The number of ether oxygens (including phenoxy) is 2. The van der Waals surface area contributed by atoms with Crippen molar-refractivity contribution in [1.29, 1.82) is 0 Å². The van der Waals surface area contributed by atoms with Gasteiger partial charge in [0.05, 0.1) is 23.3 Å². The van der Waals surface area contributed by atoms with E-state index in [4.69, 9.17) is 16.3 Å². The summed E-state index contributed by atoms with van der Waals surface area (Å²) in [4.78, 5) is 11.6. The first-order chi connectivity index (χ1) is 13.9. The van der Waals surface area contributed by atoms with E-state index in [1.165, 1.54) is 25.3 Å². The van der Waals surface area contributed by atoms with Crippen LogP contribution in [0.1, 0.15) is 15.9 Å². The topological polar surface area (TPSA) is 81.7 Å². The molecule has 3 aromatic carbocycles. The molecular weight excluding hydrogens is 414 g/mol. The predicted molar refractivity (Wildman–Crippen MR) is 111 cm³/mol. The van der Waals surface area contributed by atoms with Crippen molar-refractivity contribution in [1.82, 2.24) is 0 Å². The third-order valence-electron chi connectivity index (χ3n) is 4.01. The fourth-order valence-corrected chi connectivity index (χ4v) is 3.78. The zero-order valence-corrected chi connectivity index (χ0v) is 17.0. The number of hydrogen-bond donors (Lipinski definition) is 1. The minimum absolute atomic E-state index is 0.129. The molecule has 3 rings (SSSR count). The smallest absolute Gasteiger partial charge is 0.337 e. The molecule has 8 heteroatoms. The summed E-state index contributed by atoms with van der Waals surface area (Å²) < 4.78 is 38.2. The quantitative estimate of drug-likeness (QED) is 0.557. The predicted octanol–water partition coefficient (Wildman–Crippen LogP) is 4.51. The van der Waals surface area contributed by atoms with E-state index >= 15 is 0 Å². The van der Waals surface area contributed by atoms with Crippen LogP contribution < -0.4 is 9.46 Å². The van der Waals surface area contributed by atoms with Gasteiger partial charge in [-0.05, 0) is 48.0 Å². The first kappa shape index (κ1) is 20.7. The monoisotopic (exact) mass is 431 g/mol. The van der Waals surface area contributed by atoms with Gasteiger partial charge in [-0.2, -0.15) is 0 Å². The Labute approximate surface area is 174 Å². The Bertz CT molecular complexity index is 1100. The average Bonchev–Trinajstić information content (AvgIpc) is 2.73. The molecule has 150 valence electrons. The molecule has 0 amide bonds. The van der Waals surface area contributed by atoms with Gasteiger partial charge < -0.3 is 9.47 Å². The van der Waals surface area contributed by atoms with E-state index in [0.717, 1.165) is 5.56 Å². The van der Waals surface area contributed by atoms with E-state index in [1.54, 1.807) is 54.6 Å². The first-order valence-electron chi connectivity index (χ1n) is 8.56. The Balaban J connectivity index is 1.78. The Kier molecular flexibility index (Phi) is 6.41. The van der Waals surface area contributed by atoms with Gasteiger partial charge in [0.1, 0.15) is 12.4 Å². The summed E-state index contributed by atoms with van der Waals surface area (Å²) >= 11 is 6.04. The second kappa shape index (κ2) is 8.98. The van der Waals surface area contributed by atoms with Crippen molar-refractivity contribution < 1.29 is 22.7 Å². The lowest BCUT2D eigenvalue weighted by Gasteiger charge is -2.14. The van der Waals surface area contributed by atoms with Crippen molar-refractivity contribution in [2.75, 3.05) is 11.8 Å². The highest BCUT2D eigenvalue weighted by Crippen LogP contribution is 2.30. The van der Waals surface area contributed by atoms with Gasteiger partial charge in [0.25, 0.3) is 10.0 Å². The maximum absolute atomic E-state index is 12.6. The molecule has 3 aromatic rings. The molecule has 29 heavy (non-hydrogen) atoms. The fraction of sp³-hybridized carbons (Fsp3) is 0.0952. The fourth-order valence-electron chi connectivity index (χ4n) is 2.53. The second-order valence-corrected chi connectivity index (χ2v) is 8.16. The van der Waals surface area contributed by atoms with Crippen LogP contribution in [-0.4, -0.2) is 21.5 Å². The van der Waals surface area contributed by atoms with Gasteiger partial charge in [-0.1, -0.05) is 41.9 Å². The van der Waals surface area contributed by atoms with Gasteiger partial charge in [-0.15, -0.1) is 0 Å². The Morgan fingerprint density at radius 2 is 1.69 bits per heavy atom. The van der Waals surface area contributed by atoms with Crippen LogP contribution in [0.3, 0.4) is 0 Å². The number of esters is 1. The lowest BCUT2D eigenvalue weighted by molar-refractivity contribution is 0.0600. The largest absolute Gasteiger partial charge is 0.487 e. The summed E-state index contributed by atoms with van der Waals surface area (Å²) in [6, 6.07) is 19.4. The van der Waals surface area contributed by atoms with Gasteiger partial charge in [0, 0.05) is 5.02 Å². The summed E-state index contributed by atoms with van der Waals surface area (Å²) in [5.41, 5.74) is 1.45. The Hall–Kier alpha value is -3.03. The second-order valence-electron chi connectivity index (χ2n) is 6.04. The molecule has 0 spiro atoms. The molecule has 0 saturated heterocycles. The van der Waals surface area contributed by atoms with Gasteiger partial charge in [-0.3, -0.25) is 4.72 Å². The maximum atomic E-state index is 12.6. The molecule has 0 bridgehead atoms. The minimum Gasteiger partial charge on any atom is -0.487 e. The summed E-state index contributed by atoms with van der Waals surface area (Å²) in [6.45, 7) is 0.170. The molecule has 0 aliphatic heterocycles. The highest BCUT2D eigenvalue weighted by molar-refractivity contribution is 7.92. The van der Waals surface area contributed by atoms with E-state index in [1.807, 2.05) is 0 Å². The van der Waals surface area contributed by atoms with Crippen molar-refractivity contribution in [2.24, 2.45) is 0 Å². The summed E-state index contributed by atoms with van der Waals surface area (Å²) in [6.07, 6.45) is 0. The third kappa shape index (κ3) is 5.28. The zero-order chi connectivity index (χ0) is 20.9. The lowest BCUT2D eigenvalue weighted by Crippen LogP contribution is -2.13. The molecule has 6 nitrogen and oxygen atoms in total. The Morgan fingerprint density at radius 3 is 2.34 bits per heavy atom. The van der Waals surface area contributed by atoms with E-state index in [2.05, 4.69) is 9.46 Å². The van der Waals surface area contributed by atoms with Gasteiger partial charge in [-0.25, -0.2) is 13.2 Å². The first-order valence-corrected chi connectivity index (χ1v) is 10.4. The van der Waals surface area contributed by atoms with Gasteiger partial charge in [0.15, 0.2) is 0 Å². The average molecular weight is 432 g/mol. The minimum atomic E-state index is -3.79. The van der Waals surface area contributed by atoms with Crippen molar-refractivity contribution in [3.8, 4) is 5.75 Å². The molecular formula is C21H18ClNO5S. The molecule has 0 atom stereocenters. The number of carbonyl (C=O) groups excluding carboxylic acids is 1. The van der Waals surface area contributed by atoms with Crippen molar-refractivity contribution >= 4 is 33.3 Å². The van der Waals surface area contributed by atoms with Crippen molar-refractivity contribution in [2.45, 2.75) is 11.5 Å². The highest BCUT2D eigenvalue weighted by atomic mass is 35.5. The number of carbonyl (C=O) groups is 1. The Morgan fingerprint density at radius 1 is 1.00 bits per heavy atom.